The third-order valence-electron chi connectivity index (χ3n) is 5.01. The second-order valence-electron chi connectivity index (χ2n) is 7.66. The number of hydrogen-bond acceptors (Lipinski definition) is 2. The molecule has 3 rings (SSSR count). The van der Waals surface area contributed by atoms with Gasteiger partial charge in [0.25, 0.3) is 0 Å². The van der Waals surface area contributed by atoms with Gasteiger partial charge in [-0.15, -0.1) is 0 Å². The first-order valence-corrected chi connectivity index (χ1v) is 9.13. The summed E-state index contributed by atoms with van der Waals surface area (Å²) in [5.74, 6) is 1.36. The summed E-state index contributed by atoms with van der Waals surface area (Å²) in [5.41, 5.74) is 3.96. The number of H-pyrrole nitrogens is 1. The predicted octanol–water partition coefficient (Wildman–Crippen LogP) is 4.46. The van der Waals surface area contributed by atoms with Crippen LogP contribution in [0, 0.1) is 5.92 Å². The molecular weight excluding hydrogens is 282 g/mol. The van der Waals surface area contributed by atoms with Crippen molar-refractivity contribution in [2.75, 3.05) is 37.6 Å². The number of fused-ring (bicyclic) bond motifs is 1. The second-order valence-corrected chi connectivity index (χ2v) is 7.66. The van der Waals surface area contributed by atoms with Crippen molar-refractivity contribution in [2.45, 2.75) is 40.0 Å². The molecule has 0 unspecified atom stereocenters. The molecule has 1 aromatic carbocycles. The van der Waals surface area contributed by atoms with Crippen LogP contribution in [-0.4, -0.2) is 42.6 Å². The van der Waals surface area contributed by atoms with Gasteiger partial charge in [0, 0.05) is 43.1 Å². The van der Waals surface area contributed by atoms with Crippen molar-refractivity contribution in [3.8, 4) is 0 Å². The highest BCUT2D eigenvalue weighted by Crippen LogP contribution is 2.26. The Hall–Kier alpha value is -1.48. The Morgan fingerprint density at radius 3 is 2.39 bits per heavy atom. The van der Waals surface area contributed by atoms with Crippen LogP contribution >= 0.6 is 0 Å². The smallest absolute Gasteiger partial charge is 0.0476 e. The molecule has 1 N–H and O–H groups in total. The lowest BCUT2D eigenvalue weighted by Gasteiger charge is -2.36. The number of nitrogens with zero attached hydrogens (tertiary/aromatic N) is 2. The van der Waals surface area contributed by atoms with Crippen LogP contribution in [0.25, 0.3) is 10.9 Å². The van der Waals surface area contributed by atoms with E-state index >= 15 is 0 Å². The van der Waals surface area contributed by atoms with Gasteiger partial charge in [-0.25, -0.2) is 0 Å². The van der Waals surface area contributed by atoms with Crippen LogP contribution in [0.3, 0.4) is 0 Å². The van der Waals surface area contributed by atoms with E-state index < -0.39 is 0 Å². The van der Waals surface area contributed by atoms with Crippen molar-refractivity contribution >= 4 is 16.6 Å². The summed E-state index contributed by atoms with van der Waals surface area (Å²) in [5, 5.41) is 1.33. The van der Waals surface area contributed by atoms with E-state index in [2.05, 4.69) is 66.7 Å². The van der Waals surface area contributed by atoms with Crippen LogP contribution in [0.2, 0.25) is 0 Å². The Labute approximate surface area is 140 Å². The fourth-order valence-electron chi connectivity index (χ4n) is 3.32. The maximum absolute atomic E-state index is 3.58. The van der Waals surface area contributed by atoms with Gasteiger partial charge in [-0.1, -0.05) is 33.8 Å². The molecule has 1 aliphatic heterocycles. The van der Waals surface area contributed by atoms with Crippen LogP contribution in [-0.2, 0) is 0 Å². The van der Waals surface area contributed by atoms with E-state index in [0.29, 0.717) is 5.92 Å². The maximum Gasteiger partial charge on any atom is 0.0476 e. The van der Waals surface area contributed by atoms with Gasteiger partial charge >= 0.3 is 0 Å². The topological polar surface area (TPSA) is 22.3 Å². The number of aromatic amines is 1. The zero-order valence-electron chi connectivity index (χ0n) is 15.1. The molecule has 0 aliphatic carbocycles. The number of anilines is 1. The molecule has 0 saturated carbocycles. The molecule has 1 saturated heterocycles. The van der Waals surface area contributed by atoms with Crippen LogP contribution in [0.1, 0.15) is 45.7 Å². The molecule has 3 heteroatoms. The van der Waals surface area contributed by atoms with Crippen LogP contribution < -0.4 is 4.90 Å². The highest BCUT2D eigenvalue weighted by atomic mass is 15.3. The second kappa shape index (κ2) is 6.96. The molecule has 1 aromatic heterocycles. The number of piperazine rings is 1. The van der Waals surface area contributed by atoms with Crippen molar-refractivity contribution in [1.82, 2.24) is 9.88 Å². The Kier molecular flexibility index (Phi) is 4.96. The average molecular weight is 313 g/mol. The molecule has 3 nitrogen and oxygen atoms in total. The molecule has 0 amide bonds. The molecule has 0 atom stereocenters. The number of aromatic nitrogens is 1. The summed E-state index contributed by atoms with van der Waals surface area (Å²) < 4.78 is 0. The largest absolute Gasteiger partial charge is 0.369 e. The third kappa shape index (κ3) is 3.89. The molecule has 23 heavy (non-hydrogen) atoms. The van der Waals surface area contributed by atoms with E-state index in [4.69, 9.17) is 0 Å². The lowest BCUT2D eigenvalue weighted by Crippen LogP contribution is -2.46. The van der Waals surface area contributed by atoms with Gasteiger partial charge < -0.3 is 9.88 Å². The Bertz CT molecular complexity index is 633. The molecule has 126 valence electrons. The Balaban J connectivity index is 1.65. The molecule has 0 bridgehead atoms. The van der Waals surface area contributed by atoms with E-state index in [1.54, 1.807) is 0 Å². The minimum absolute atomic E-state index is 0.551. The summed E-state index contributed by atoms with van der Waals surface area (Å²) in [6.45, 7) is 15.0. The fourth-order valence-corrected chi connectivity index (χ4v) is 3.32. The number of nitrogens with one attached hydrogen (secondary N) is 1. The molecular formula is C20H31N3. The van der Waals surface area contributed by atoms with E-state index in [9.17, 15) is 0 Å². The fraction of sp³-hybridized carbons (Fsp3) is 0.600. The Morgan fingerprint density at radius 1 is 1.00 bits per heavy atom. The van der Waals surface area contributed by atoms with E-state index in [1.807, 2.05) is 0 Å². The van der Waals surface area contributed by atoms with Gasteiger partial charge in [0.1, 0.15) is 0 Å². The van der Waals surface area contributed by atoms with Gasteiger partial charge in [0.15, 0.2) is 0 Å². The van der Waals surface area contributed by atoms with E-state index in [1.165, 1.54) is 48.3 Å². The highest BCUT2D eigenvalue weighted by molar-refractivity contribution is 5.84. The zero-order chi connectivity index (χ0) is 16.4. The van der Waals surface area contributed by atoms with E-state index in [0.717, 1.165) is 19.0 Å². The lowest BCUT2D eigenvalue weighted by molar-refractivity contribution is 0.244. The van der Waals surface area contributed by atoms with Crippen molar-refractivity contribution < 1.29 is 0 Å². The normalized spacial score (nSPS) is 16.9. The highest BCUT2D eigenvalue weighted by Gasteiger charge is 2.17. The van der Waals surface area contributed by atoms with Gasteiger partial charge in [-0.2, -0.15) is 0 Å². The van der Waals surface area contributed by atoms with Crippen molar-refractivity contribution in [1.29, 1.82) is 0 Å². The molecule has 1 aliphatic rings. The first-order valence-electron chi connectivity index (χ1n) is 9.13. The summed E-state index contributed by atoms with van der Waals surface area (Å²) >= 11 is 0. The van der Waals surface area contributed by atoms with Gasteiger partial charge in [-0.05, 0) is 48.4 Å². The lowest BCUT2D eigenvalue weighted by atomic mass is 10.1. The minimum Gasteiger partial charge on any atom is -0.369 e. The van der Waals surface area contributed by atoms with Crippen LogP contribution in [0.4, 0.5) is 5.69 Å². The van der Waals surface area contributed by atoms with Gasteiger partial charge in [0.05, 0.1) is 0 Å². The predicted molar refractivity (Wildman–Crippen MR) is 100 cm³/mol. The molecule has 2 heterocycles. The summed E-state index contributed by atoms with van der Waals surface area (Å²) in [6.07, 6.45) is 1.31. The molecule has 1 fully saturated rings. The Morgan fingerprint density at radius 2 is 1.74 bits per heavy atom. The van der Waals surface area contributed by atoms with Crippen molar-refractivity contribution in [2.24, 2.45) is 5.92 Å². The minimum atomic E-state index is 0.551. The molecule has 0 radical (unpaired) electrons. The van der Waals surface area contributed by atoms with Crippen molar-refractivity contribution in [3.05, 3.63) is 30.0 Å². The zero-order valence-corrected chi connectivity index (χ0v) is 15.1. The SMILES string of the molecule is CC(C)CCN1CCN(c2ccc3cc(C(C)C)[nH]c3c2)CC1. The quantitative estimate of drug-likeness (QED) is 0.880. The van der Waals surface area contributed by atoms with Crippen molar-refractivity contribution in [3.63, 3.8) is 0 Å². The first-order chi connectivity index (χ1) is 11.0. The van der Waals surface area contributed by atoms with Gasteiger partial charge in [-0.3, -0.25) is 4.90 Å². The third-order valence-corrected chi connectivity index (χ3v) is 5.01. The molecule has 2 aromatic rings. The average Bonchev–Trinajstić information content (AvgIpc) is 2.97. The van der Waals surface area contributed by atoms with Crippen LogP contribution in [0.15, 0.2) is 24.3 Å². The standard InChI is InChI=1S/C20H31N3/c1-15(2)7-8-22-9-11-23(12-10-22)18-6-5-17-13-19(16(3)4)21-20(17)14-18/h5-6,13-16,21H,7-12H2,1-4H3. The number of hydrogen-bond donors (Lipinski definition) is 1. The van der Waals surface area contributed by atoms with E-state index in [-0.39, 0.29) is 0 Å². The summed E-state index contributed by atoms with van der Waals surface area (Å²) in [7, 11) is 0. The number of rotatable bonds is 5. The monoisotopic (exact) mass is 313 g/mol. The van der Waals surface area contributed by atoms with Crippen LogP contribution in [0.5, 0.6) is 0 Å². The first kappa shape index (κ1) is 16.4. The molecule has 0 spiro atoms. The number of benzene rings is 1. The maximum atomic E-state index is 3.58. The van der Waals surface area contributed by atoms with Gasteiger partial charge in [0.2, 0.25) is 0 Å². The summed E-state index contributed by atoms with van der Waals surface area (Å²) in [6, 6.07) is 9.15. The summed E-state index contributed by atoms with van der Waals surface area (Å²) in [4.78, 5) is 8.72.